The van der Waals surface area contributed by atoms with Gasteiger partial charge in [-0.25, -0.2) is 8.42 Å². The fourth-order valence-electron chi connectivity index (χ4n) is 3.51. The first-order valence-corrected chi connectivity index (χ1v) is 10.6. The van der Waals surface area contributed by atoms with Gasteiger partial charge in [-0.15, -0.1) is 0 Å². The second-order valence-corrected chi connectivity index (χ2v) is 8.06. The van der Waals surface area contributed by atoms with Gasteiger partial charge in [0.1, 0.15) is 5.70 Å². The first-order valence-electron chi connectivity index (χ1n) is 9.18. The Morgan fingerprint density at radius 1 is 0.926 bits per heavy atom. The highest BCUT2D eigenvalue weighted by atomic mass is 32.2. The highest BCUT2D eigenvalue weighted by molar-refractivity contribution is 7.89. The molecule has 0 saturated heterocycles. The second-order valence-electron chi connectivity index (χ2n) is 6.23. The number of carbonyl (C=O) groups is 1. The van der Waals surface area contributed by atoms with Gasteiger partial charge in [-0.2, -0.15) is 0 Å². The molecule has 0 saturated carbocycles. The Hall–Kier alpha value is -2.60. The third kappa shape index (κ3) is 3.14. The lowest BCUT2D eigenvalue weighted by atomic mass is 10.0. The lowest BCUT2D eigenvalue weighted by molar-refractivity contribution is 0.101. The highest BCUT2D eigenvalue weighted by Crippen LogP contribution is 2.39. The topological polar surface area (TPSA) is 57.7 Å². The standard InChI is InChI=1S/C21H24N2O3S/c1-4-22(5-2)19-17-14-10-11-15-18(17)27(25,26)23(6-3)20(19)21(24)16-12-8-7-9-13-16/h7-15H,4-6H2,1-3H3. The van der Waals surface area contributed by atoms with Crippen LogP contribution in [0, 0.1) is 0 Å². The molecule has 1 aliphatic heterocycles. The van der Waals surface area contributed by atoms with E-state index in [1.807, 2.05) is 30.9 Å². The van der Waals surface area contributed by atoms with Crippen molar-refractivity contribution in [3.05, 3.63) is 71.4 Å². The monoisotopic (exact) mass is 384 g/mol. The summed E-state index contributed by atoms with van der Waals surface area (Å²) in [5, 5.41) is 0. The number of rotatable bonds is 6. The van der Waals surface area contributed by atoms with E-state index in [0.29, 0.717) is 29.9 Å². The molecule has 0 amide bonds. The smallest absolute Gasteiger partial charge is 0.265 e. The predicted octanol–water partition coefficient (Wildman–Crippen LogP) is 3.60. The van der Waals surface area contributed by atoms with Crippen LogP contribution in [0.15, 0.2) is 65.2 Å². The summed E-state index contributed by atoms with van der Waals surface area (Å²) < 4.78 is 27.7. The number of nitrogens with zero attached hydrogens (tertiary/aromatic N) is 2. The molecule has 0 radical (unpaired) electrons. The number of fused-ring (bicyclic) bond motifs is 1. The minimum absolute atomic E-state index is 0.190. The summed E-state index contributed by atoms with van der Waals surface area (Å²) in [5.41, 5.74) is 1.97. The molecule has 0 N–H and O–H groups in total. The predicted molar refractivity (Wildman–Crippen MR) is 107 cm³/mol. The molecular formula is C21H24N2O3S. The molecule has 2 aromatic carbocycles. The van der Waals surface area contributed by atoms with Crippen LogP contribution in [-0.2, 0) is 10.0 Å². The fourth-order valence-corrected chi connectivity index (χ4v) is 5.19. The third-order valence-corrected chi connectivity index (χ3v) is 6.73. The molecule has 1 aliphatic rings. The van der Waals surface area contributed by atoms with Crippen LogP contribution in [0.4, 0.5) is 0 Å². The van der Waals surface area contributed by atoms with Crippen LogP contribution in [0.25, 0.3) is 5.70 Å². The quantitative estimate of drug-likeness (QED) is 0.714. The molecule has 0 fully saturated rings. The van der Waals surface area contributed by atoms with Crippen LogP contribution < -0.4 is 0 Å². The van der Waals surface area contributed by atoms with Gasteiger partial charge in [0.25, 0.3) is 10.0 Å². The summed E-state index contributed by atoms with van der Waals surface area (Å²) in [4.78, 5) is 15.7. The largest absolute Gasteiger partial charge is 0.370 e. The first kappa shape index (κ1) is 19.2. The van der Waals surface area contributed by atoms with Gasteiger partial charge in [-0.1, -0.05) is 48.5 Å². The van der Waals surface area contributed by atoms with Gasteiger partial charge in [0.05, 0.1) is 10.6 Å². The third-order valence-electron chi connectivity index (χ3n) is 4.80. The van der Waals surface area contributed by atoms with E-state index in [9.17, 15) is 13.2 Å². The van der Waals surface area contributed by atoms with Gasteiger partial charge < -0.3 is 4.90 Å². The van der Waals surface area contributed by atoms with Crippen molar-refractivity contribution in [2.24, 2.45) is 0 Å². The van der Waals surface area contributed by atoms with Crippen molar-refractivity contribution in [2.45, 2.75) is 25.7 Å². The second kappa shape index (κ2) is 7.56. The van der Waals surface area contributed by atoms with E-state index < -0.39 is 10.0 Å². The van der Waals surface area contributed by atoms with Crippen molar-refractivity contribution < 1.29 is 13.2 Å². The number of sulfonamides is 1. The maximum Gasteiger partial charge on any atom is 0.265 e. The van der Waals surface area contributed by atoms with Crippen molar-refractivity contribution in [3.8, 4) is 0 Å². The van der Waals surface area contributed by atoms with Crippen molar-refractivity contribution in [3.63, 3.8) is 0 Å². The van der Waals surface area contributed by atoms with E-state index in [1.165, 1.54) is 4.31 Å². The molecule has 2 aromatic rings. The first-order chi connectivity index (χ1) is 13.0. The van der Waals surface area contributed by atoms with E-state index in [0.717, 1.165) is 0 Å². The molecule has 0 aromatic heterocycles. The Kier molecular flexibility index (Phi) is 5.37. The summed E-state index contributed by atoms with van der Waals surface area (Å²) in [7, 11) is -3.79. The number of allylic oxidation sites excluding steroid dienone is 1. The number of likely N-dealkylation sites (N-methyl/N-ethyl adjacent to an activating group) is 1. The summed E-state index contributed by atoms with van der Waals surface area (Å²) >= 11 is 0. The van der Waals surface area contributed by atoms with E-state index in [-0.39, 0.29) is 22.9 Å². The van der Waals surface area contributed by atoms with Crippen molar-refractivity contribution >= 4 is 21.5 Å². The summed E-state index contributed by atoms with van der Waals surface area (Å²) in [6.45, 7) is 7.29. The van der Waals surface area contributed by atoms with Gasteiger partial charge in [0.15, 0.2) is 0 Å². The van der Waals surface area contributed by atoms with Gasteiger partial charge >= 0.3 is 0 Å². The van der Waals surface area contributed by atoms with Gasteiger partial charge in [0, 0.05) is 30.8 Å². The Morgan fingerprint density at radius 2 is 1.52 bits per heavy atom. The van der Waals surface area contributed by atoms with Gasteiger partial charge in [-0.05, 0) is 26.8 Å². The van der Waals surface area contributed by atoms with E-state index in [4.69, 9.17) is 0 Å². The Bertz CT molecular complexity index is 977. The minimum atomic E-state index is -3.79. The lowest BCUT2D eigenvalue weighted by Gasteiger charge is -2.37. The molecule has 0 aliphatic carbocycles. The molecule has 0 spiro atoms. The van der Waals surface area contributed by atoms with Gasteiger partial charge in [0.2, 0.25) is 5.78 Å². The number of hydrogen-bond acceptors (Lipinski definition) is 4. The number of carbonyl (C=O) groups excluding carboxylic acids is 1. The highest BCUT2D eigenvalue weighted by Gasteiger charge is 2.40. The number of Topliss-reactive ketones (excluding diaryl/α,β-unsaturated/α-hetero) is 1. The van der Waals surface area contributed by atoms with Crippen LogP contribution in [0.3, 0.4) is 0 Å². The zero-order valence-electron chi connectivity index (χ0n) is 15.8. The molecule has 1 heterocycles. The van der Waals surface area contributed by atoms with Crippen molar-refractivity contribution in [2.75, 3.05) is 19.6 Å². The number of ketones is 1. The summed E-state index contributed by atoms with van der Waals surface area (Å²) in [6.07, 6.45) is 0. The molecule has 6 heteroatoms. The Morgan fingerprint density at radius 3 is 2.11 bits per heavy atom. The molecule has 5 nitrogen and oxygen atoms in total. The zero-order chi connectivity index (χ0) is 19.6. The van der Waals surface area contributed by atoms with Gasteiger partial charge in [-0.3, -0.25) is 9.10 Å². The average molecular weight is 385 g/mol. The minimum Gasteiger partial charge on any atom is -0.370 e. The van der Waals surface area contributed by atoms with E-state index in [1.54, 1.807) is 49.4 Å². The SMILES string of the molecule is CCN(CC)C1=C(C(=O)c2ccccc2)N(CC)S(=O)(=O)c2ccccc21. The molecule has 0 bridgehead atoms. The number of benzene rings is 2. The summed E-state index contributed by atoms with van der Waals surface area (Å²) in [6, 6.07) is 15.8. The number of hydrogen-bond donors (Lipinski definition) is 0. The van der Waals surface area contributed by atoms with Crippen molar-refractivity contribution in [1.29, 1.82) is 0 Å². The fraction of sp³-hybridized carbons (Fsp3) is 0.286. The normalized spacial score (nSPS) is 15.4. The lowest BCUT2D eigenvalue weighted by Crippen LogP contribution is -2.41. The molecule has 3 rings (SSSR count). The van der Waals surface area contributed by atoms with E-state index in [2.05, 4.69) is 0 Å². The molecule has 27 heavy (non-hydrogen) atoms. The van der Waals surface area contributed by atoms with E-state index >= 15 is 0 Å². The molecular weight excluding hydrogens is 360 g/mol. The zero-order valence-corrected chi connectivity index (χ0v) is 16.7. The van der Waals surface area contributed by atoms with Crippen molar-refractivity contribution in [1.82, 2.24) is 9.21 Å². The molecule has 142 valence electrons. The maximum atomic E-state index is 13.4. The maximum absolute atomic E-state index is 13.4. The molecule has 0 atom stereocenters. The van der Waals surface area contributed by atoms with Crippen LogP contribution in [0.1, 0.15) is 36.7 Å². The summed E-state index contributed by atoms with van der Waals surface area (Å²) in [5.74, 6) is -0.280. The molecule has 0 unspecified atom stereocenters. The van der Waals surface area contributed by atoms with Crippen LogP contribution in [0.2, 0.25) is 0 Å². The van der Waals surface area contributed by atoms with Crippen LogP contribution in [0.5, 0.6) is 0 Å². The van der Waals surface area contributed by atoms with Crippen LogP contribution in [-0.4, -0.2) is 43.0 Å². The Labute approximate surface area is 161 Å². The van der Waals surface area contributed by atoms with Crippen LogP contribution >= 0.6 is 0 Å². The average Bonchev–Trinajstić information content (AvgIpc) is 2.70. The Balaban J connectivity index is 2.38.